The van der Waals surface area contributed by atoms with E-state index in [1.54, 1.807) is 18.2 Å². The van der Waals surface area contributed by atoms with Crippen LogP contribution in [0.3, 0.4) is 0 Å². The van der Waals surface area contributed by atoms with Gasteiger partial charge >= 0.3 is 5.97 Å². The van der Waals surface area contributed by atoms with Gasteiger partial charge in [-0.1, -0.05) is 18.2 Å². The zero-order valence-electron chi connectivity index (χ0n) is 10.8. The third-order valence-corrected chi connectivity index (χ3v) is 4.47. The number of hydrogen-bond acceptors (Lipinski definition) is 4. The van der Waals surface area contributed by atoms with Crippen molar-refractivity contribution in [3.63, 3.8) is 0 Å². The molecule has 0 N–H and O–H groups in total. The van der Waals surface area contributed by atoms with Crippen LogP contribution in [-0.4, -0.2) is 17.3 Å². The molecule has 0 fully saturated rings. The van der Waals surface area contributed by atoms with Gasteiger partial charge in [0.15, 0.2) is 0 Å². The standard InChI is InChI=1S/C15H12O4S/c1-18-15(16)10-6-7-13-14(8-10)20(17)9-11-4-2-3-5-12(11)19-13/h2-8H,9H2,1H3. The van der Waals surface area contributed by atoms with Crippen LogP contribution in [0.2, 0.25) is 0 Å². The Balaban J connectivity index is 2.09. The summed E-state index contributed by atoms with van der Waals surface area (Å²) < 4.78 is 22.9. The molecule has 1 unspecified atom stereocenters. The Morgan fingerprint density at radius 3 is 2.80 bits per heavy atom. The molecule has 0 radical (unpaired) electrons. The lowest BCUT2D eigenvalue weighted by Gasteiger charge is -2.08. The molecule has 3 rings (SSSR count). The van der Waals surface area contributed by atoms with E-state index in [1.807, 2.05) is 24.3 Å². The monoisotopic (exact) mass is 288 g/mol. The molecule has 1 atom stereocenters. The summed E-state index contributed by atoms with van der Waals surface area (Å²) in [7, 11) is 0.0613. The zero-order chi connectivity index (χ0) is 14.1. The van der Waals surface area contributed by atoms with E-state index in [0.717, 1.165) is 5.56 Å². The Bertz CT molecular complexity index is 709. The van der Waals surface area contributed by atoms with Gasteiger partial charge in [0.25, 0.3) is 0 Å². The van der Waals surface area contributed by atoms with E-state index in [-0.39, 0.29) is 0 Å². The van der Waals surface area contributed by atoms with Crippen LogP contribution < -0.4 is 4.74 Å². The van der Waals surface area contributed by atoms with Gasteiger partial charge in [-0.2, -0.15) is 0 Å². The lowest BCUT2D eigenvalue weighted by atomic mass is 10.2. The van der Waals surface area contributed by atoms with Gasteiger partial charge < -0.3 is 9.47 Å². The Morgan fingerprint density at radius 1 is 1.20 bits per heavy atom. The van der Waals surface area contributed by atoms with Crippen LogP contribution in [0.4, 0.5) is 0 Å². The number of methoxy groups -OCH3 is 1. The van der Waals surface area contributed by atoms with Crippen LogP contribution in [-0.2, 0) is 21.3 Å². The fourth-order valence-electron chi connectivity index (χ4n) is 2.08. The molecule has 1 heterocycles. The number of carbonyl (C=O) groups is 1. The first-order valence-electron chi connectivity index (χ1n) is 6.05. The maximum absolute atomic E-state index is 12.4. The predicted molar refractivity (Wildman–Crippen MR) is 74.4 cm³/mol. The van der Waals surface area contributed by atoms with Gasteiger partial charge in [0.1, 0.15) is 11.5 Å². The third-order valence-electron chi connectivity index (χ3n) is 3.09. The fourth-order valence-corrected chi connectivity index (χ4v) is 3.34. The Hall–Kier alpha value is -2.14. The average Bonchev–Trinajstić information content (AvgIpc) is 2.62. The first kappa shape index (κ1) is 12.9. The largest absolute Gasteiger partial charge is 0.465 e. The lowest BCUT2D eigenvalue weighted by molar-refractivity contribution is 0.0600. The molecule has 1 aliphatic heterocycles. The number of benzene rings is 2. The van der Waals surface area contributed by atoms with Crippen molar-refractivity contribution in [2.45, 2.75) is 10.6 Å². The topological polar surface area (TPSA) is 52.6 Å². The molecule has 0 spiro atoms. The van der Waals surface area contributed by atoms with E-state index >= 15 is 0 Å². The molecule has 0 amide bonds. The van der Waals surface area contributed by atoms with Crippen molar-refractivity contribution in [1.82, 2.24) is 0 Å². The van der Waals surface area contributed by atoms with Crippen LogP contribution in [0.1, 0.15) is 15.9 Å². The predicted octanol–water partition coefficient (Wildman–Crippen LogP) is 2.89. The highest BCUT2D eigenvalue weighted by molar-refractivity contribution is 7.84. The summed E-state index contributed by atoms with van der Waals surface area (Å²) in [4.78, 5) is 12.1. The van der Waals surface area contributed by atoms with Crippen molar-refractivity contribution < 1.29 is 18.5 Å². The van der Waals surface area contributed by atoms with Gasteiger partial charge in [0.2, 0.25) is 0 Å². The first-order valence-corrected chi connectivity index (χ1v) is 7.37. The molecule has 2 aromatic rings. The SMILES string of the molecule is COC(=O)c1ccc2c(c1)S(=O)Cc1ccccc1O2. The zero-order valence-corrected chi connectivity index (χ0v) is 11.6. The van der Waals surface area contributed by atoms with Crippen LogP contribution in [0.25, 0.3) is 0 Å². The van der Waals surface area contributed by atoms with Crippen molar-refractivity contribution in [3.8, 4) is 11.5 Å². The van der Waals surface area contributed by atoms with E-state index < -0.39 is 16.8 Å². The van der Waals surface area contributed by atoms with E-state index in [2.05, 4.69) is 4.74 Å². The fraction of sp³-hybridized carbons (Fsp3) is 0.133. The molecular formula is C15H12O4S. The minimum Gasteiger partial charge on any atom is -0.465 e. The van der Waals surface area contributed by atoms with Gasteiger partial charge in [-0.25, -0.2) is 4.79 Å². The highest BCUT2D eigenvalue weighted by Gasteiger charge is 2.21. The Kier molecular flexibility index (Phi) is 3.28. The second-order valence-electron chi connectivity index (χ2n) is 4.35. The number of fused-ring (bicyclic) bond motifs is 2. The van der Waals surface area contributed by atoms with Crippen LogP contribution in [0.5, 0.6) is 11.5 Å². The number of ether oxygens (including phenoxy) is 2. The maximum atomic E-state index is 12.4. The van der Waals surface area contributed by atoms with Crippen molar-refractivity contribution >= 4 is 16.8 Å². The molecule has 0 saturated carbocycles. The van der Waals surface area contributed by atoms with E-state index in [1.165, 1.54) is 7.11 Å². The minimum absolute atomic E-state index is 0.369. The smallest absolute Gasteiger partial charge is 0.337 e. The minimum atomic E-state index is -1.26. The molecule has 5 heteroatoms. The summed E-state index contributed by atoms with van der Waals surface area (Å²) in [5.41, 5.74) is 1.26. The normalized spacial score (nSPS) is 16.4. The summed E-state index contributed by atoms with van der Waals surface area (Å²) in [6.07, 6.45) is 0. The van der Waals surface area contributed by atoms with Gasteiger partial charge in [0.05, 0.1) is 34.1 Å². The van der Waals surface area contributed by atoms with Crippen LogP contribution in [0, 0.1) is 0 Å². The molecule has 0 bridgehead atoms. The number of hydrogen-bond donors (Lipinski definition) is 0. The molecule has 20 heavy (non-hydrogen) atoms. The number of rotatable bonds is 1. The van der Waals surface area contributed by atoms with Crippen molar-refractivity contribution in [3.05, 3.63) is 53.6 Å². The summed E-state index contributed by atoms with van der Waals surface area (Å²) in [6, 6.07) is 12.3. The molecule has 0 saturated heterocycles. The maximum Gasteiger partial charge on any atom is 0.337 e. The number of esters is 1. The summed E-state index contributed by atoms with van der Waals surface area (Å²) in [5.74, 6) is 1.13. The molecular weight excluding hydrogens is 276 g/mol. The van der Waals surface area contributed by atoms with Gasteiger partial charge in [-0.15, -0.1) is 0 Å². The van der Waals surface area contributed by atoms with E-state index in [4.69, 9.17) is 4.74 Å². The number of carbonyl (C=O) groups excluding carboxylic acids is 1. The molecule has 1 aliphatic rings. The molecule has 0 aliphatic carbocycles. The first-order chi connectivity index (χ1) is 9.69. The molecule has 4 nitrogen and oxygen atoms in total. The summed E-state index contributed by atoms with van der Waals surface area (Å²) >= 11 is 0. The number of para-hydroxylation sites is 1. The van der Waals surface area contributed by atoms with Crippen molar-refractivity contribution in [2.75, 3.05) is 7.11 Å². The molecule has 102 valence electrons. The molecule has 0 aromatic heterocycles. The van der Waals surface area contributed by atoms with Crippen molar-refractivity contribution in [2.24, 2.45) is 0 Å². The van der Waals surface area contributed by atoms with E-state index in [0.29, 0.717) is 27.7 Å². The van der Waals surface area contributed by atoms with Gasteiger partial charge in [-0.05, 0) is 24.3 Å². The Labute approximate surface area is 118 Å². The summed E-state index contributed by atoms with van der Waals surface area (Å²) in [5, 5.41) is 0. The van der Waals surface area contributed by atoms with Crippen LogP contribution in [0.15, 0.2) is 47.4 Å². The van der Waals surface area contributed by atoms with Gasteiger partial charge in [-0.3, -0.25) is 4.21 Å². The quantitative estimate of drug-likeness (QED) is 0.757. The lowest BCUT2D eigenvalue weighted by Crippen LogP contribution is -2.03. The highest BCUT2D eigenvalue weighted by Crippen LogP contribution is 2.36. The van der Waals surface area contributed by atoms with Gasteiger partial charge in [0, 0.05) is 5.56 Å². The van der Waals surface area contributed by atoms with Crippen LogP contribution >= 0.6 is 0 Å². The average molecular weight is 288 g/mol. The second kappa shape index (κ2) is 5.09. The Morgan fingerprint density at radius 2 is 2.00 bits per heavy atom. The highest BCUT2D eigenvalue weighted by atomic mass is 32.2. The molecule has 2 aromatic carbocycles. The third kappa shape index (κ3) is 2.20. The summed E-state index contributed by atoms with van der Waals surface area (Å²) in [6.45, 7) is 0. The van der Waals surface area contributed by atoms with Crippen molar-refractivity contribution in [1.29, 1.82) is 0 Å². The van der Waals surface area contributed by atoms with E-state index in [9.17, 15) is 9.00 Å². The second-order valence-corrected chi connectivity index (χ2v) is 5.77.